The van der Waals surface area contributed by atoms with Gasteiger partial charge in [-0.15, -0.1) is 0 Å². The molecule has 0 bridgehead atoms. The Balaban J connectivity index is 1.46. The lowest BCUT2D eigenvalue weighted by Gasteiger charge is -2.40. The molecule has 0 spiro atoms. The molecule has 0 saturated carbocycles. The number of anilines is 1. The molecule has 52 heavy (non-hydrogen) atoms. The van der Waals surface area contributed by atoms with E-state index in [2.05, 4.69) is 20.9 Å². The first-order valence-corrected chi connectivity index (χ1v) is 17.6. The molecule has 276 valence electrons. The van der Waals surface area contributed by atoms with Gasteiger partial charge in [0.05, 0.1) is 37.2 Å². The van der Waals surface area contributed by atoms with Crippen molar-refractivity contribution < 1.29 is 45.0 Å². The number of amides is 2. The normalized spacial score (nSPS) is 17.5. The van der Waals surface area contributed by atoms with Crippen molar-refractivity contribution in [2.75, 3.05) is 32.6 Å². The highest BCUT2D eigenvalue weighted by atomic mass is 32.2. The van der Waals surface area contributed by atoms with Gasteiger partial charge in [0, 0.05) is 42.7 Å². The number of carbonyl (C=O) groups is 2. The molecule has 0 aliphatic carbocycles. The van der Waals surface area contributed by atoms with Crippen molar-refractivity contribution in [2.24, 2.45) is 0 Å². The Kier molecular flexibility index (Phi) is 12.1. The van der Waals surface area contributed by atoms with Crippen molar-refractivity contribution >= 4 is 27.7 Å². The van der Waals surface area contributed by atoms with Gasteiger partial charge in [0.25, 0.3) is 0 Å². The van der Waals surface area contributed by atoms with E-state index in [0.29, 0.717) is 18.4 Å². The summed E-state index contributed by atoms with van der Waals surface area (Å²) < 4.78 is 97.4. The molecule has 1 aromatic heterocycles. The number of rotatable bonds is 12. The molecule has 4 aromatic rings. The number of carbonyl (C=O) groups excluding carboxylic acids is 2. The molecule has 1 fully saturated rings. The summed E-state index contributed by atoms with van der Waals surface area (Å²) in [4.78, 5) is 30.6. The number of piperazine rings is 1. The number of pyridine rings is 1. The largest absolute Gasteiger partial charge is 0.497 e. The Bertz CT molecular complexity index is 1980. The lowest BCUT2D eigenvalue weighted by Crippen LogP contribution is -2.58. The van der Waals surface area contributed by atoms with Gasteiger partial charge in [-0.2, -0.15) is 4.31 Å². The maximum absolute atomic E-state index is 15.5. The lowest BCUT2D eigenvalue weighted by atomic mass is 9.84. The fourth-order valence-electron chi connectivity index (χ4n) is 6.36. The molecule has 16 heteroatoms. The number of nitrogens with zero attached hydrogens (tertiary/aromatic N) is 2. The quantitative estimate of drug-likeness (QED) is 0.170. The van der Waals surface area contributed by atoms with E-state index in [1.54, 1.807) is 19.1 Å². The van der Waals surface area contributed by atoms with Crippen molar-refractivity contribution in [3.05, 3.63) is 119 Å². The van der Waals surface area contributed by atoms with Gasteiger partial charge >= 0.3 is 6.09 Å². The van der Waals surface area contributed by atoms with Crippen LogP contribution in [0, 0.1) is 23.3 Å². The summed E-state index contributed by atoms with van der Waals surface area (Å²) in [5.41, 5.74) is 0.0367. The van der Waals surface area contributed by atoms with Crippen LogP contribution in [0.1, 0.15) is 36.0 Å². The predicted octanol–water partition coefficient (Wildman–Crippen LogP) is 5.13. The van der Waals surface area contributed by atoms with Crippen LogP contribution in [0.2, 0.25) is 0 Å². The standard InChI is InChI=1S/C36H37F4N5O6S/c1-21-17-41-18-27(45(21)52(48,49)29-11-9-28(50-2)10-12-29)8-13-30-31(40)19-42-20-32(30)43-35(46)34(44-36(47)51-3)33(22-4-6-24(37)7-5-22)23-14-25(38)16-26(39)15-23/h4-7,9-12,14-16,19-21,27,33-34,41H,8,13,17-18H2,1-3H3,(H,43,46)(H,44,47)/t21-,27-,33-,34-/m0/s1. The van der Waals surface area contributed by atoms with Crippen molar-refractivity contribution in [2.45, 2.75) is 48.7 Å². The van der Waals surface area contributed by atoms with Crippen LogP contribution >= 0.6 is 0 Å². The molecule has 3 N–H and O–H groups in total. The third-order valence-corrected chi connectivity index (χ3v) is 10.9. The van der Waals surface area contributed by atoms with Gasteiger partial charge < -0.3 is 25.4 Å². The Morgan fingerprint density at radius 1 is 0.923 bits per heavy atom. The van der Waals surface area contributed by atoms with Crippen molar-refractivity contribution in [1.29, 1.82) is 0 Å². The zero-order valence-electron chi connectivity index (χ0n) is 28.4. The van der Waals surface area contributed by atoms with Crippen LogP contribution in [-0.2, 0) is 26.0 Å². The number of aromatic nitrogens is 1. The SMILES string of the molecule is COC(=O)N[C@H](C(=O)Nc1cncc(F)c1CC[C@H]1CNC[C@H](C)N1S(=O)(=O)c1ccc(OC)cc1)[C@@H](c1ccc(F)cc1)c1cc(F)cc(F)c1. The van der Waals surface area contributed by atoms with Crippen LogP contribution in [-0.4, -0.2) is 75.1 Å². The molecular formula is C36H37F4N5O6S. The highest BCUT2D eigenvalue weighted by Crippen LogP contribution is 2.32. The van der Waals surface area contributed by atoms with Gasteiger partial charge in [-0.05, 0) is 79.4 Å². The zero-order chi connectivity index (χ0) is 37.6. The van der Waals surface area contributed by atoms with Crippen molar-refractivity contribution in [3.8, 4) is 5.75 Å². The van der Waals surface area contributed by atoms with E-state index in [4.69, 9.17) is 9.47 Å². The van der Waals surface area contributed by atoms with E-state index in [0.717, 1.165) is 37.6 Å². The number of nitrogens with one attached hydrogen (secondary N) is 3. The molecule has 3 aromatic carbocycles. The lowest BCUT2D eigenvalue weighted by molar-refractivity contribution is -0.118. The summed E-state index contributed by atoms with van der Waals surface area (Å²) in [5, 5.41) is 8.19. The fraction of sp³-hybridized carbons (Fsp3) is 0.306. The molecule has 4 atom stereocenters. The van der Waals surface area contributed by atoms with Crippen molar-refractivity contribution in [3.63, 3.8) is 0 Å². The van der Waals surface area contributed by atoms with Crippen LogP contribution in [0.15, 0.2) is 84.0 Å². The molecule has 2 heterocycles. The van der Waals surface area contributed by atoms with Gasteiger partial charge in [-0.25, -0.2) is 30.8 Å². The van der Waals surface area contributed by atoms with Crippen LogP contribution in [0.25, 0.3) is 0 Å². The van der Waals surface area contributed by atoms with E-state index in [-0.39, 0.29) is 46.7 Å². The molecule has 0 radical (unpaired) electrons. The summed E-state index contributed by atoms with van der Waals surface area (Å²) in [7, 11) is -1.47. The Hall–Kier alpha value is -5.06. The smallest absolute Gasteiger partial charge is 0.407 e. The average Bonchev–Trinajstić information content (AvgIpc) is 3.11. The maximum Gasteiger partial charge on any atom is 0.407 e. The first kappa shape index (κ1) is 38.2. The van der Waals surface area contributed by atoms with E-state index in [9.17, 15) is 31.2 Å². The van der Waals surface area contributed by atoms with E-state index in [1.165, 1.54) is 41.9 Å². The number of halogens is 4. The van der Waals surface area contributed by atoms with E-state index in [1.807, 2.05) is 0 Å². The fourth-order valence-corrected chi connectivity index (χ4v) is 8.21. The summed E-state index contributed by atoms with van der Waals surface area (Å²) in [5.74, 6) is -5.10. The molecule has 2 amide bonds. The zero-order valence-corrected chi connectivity index (χ0v) is 29.2. The molecular weight excluding hydrogens is 706 g/mol. The predicted molar refractivity (Wildman–Crippen MR) is 183 cm³/mol. The second-order valence-electron chi connectivity index (χ2n) is 12.2. The van der Waals surface area contributed by atoms with E-state index >= 15 is 4.39 Å². The van der Waals surface area contributed by atoms with Gasteiger partial charge in [0.2, 0.25) is 15.9 Å². The first-order valence-electron chi connectivity index (χ1n) is 16.2. The number of hydrogen-bond acceptors (Lipinski definition) is 8. The molecule has 11 nitrogen and oxygen atoms in total. The maximum atomic E-state index is 15.5. The van der Waals surface area contributed by atoms with Crippen LogP contribution in [0.4, 0.5) is 28.0 Å². The number of benzene rings is 3. The summed E-state index contributed by atoms with van der Waals surface area (Å²) in [6.45, 7) is 2.41. The highest BCUT2D eigenvalue weighted by Gasteiger charge is 2.38. The first-order chi connectivity index (χ1) is 24.8. The minimum absolute atomic E-state index is 0.00433. The number of methoxy groups -OCH3 is 2. The number of alkyl carbamates (subject to hydrolysis) is 1. The Labute approximate surface area is 298 Å². The van der Waals surface area contributed by atoms with E-state index < -0.39 is 69.3 Å². The second-order valence-corrected chi connectivity index (χ2v) is 14.0. The van der Waals surface area contributed by atoms with Gasteiger partial charge in [0.1, 0.15) is 35.1 Å². The van der Waals surface area contributed by atoms with Crippen molar-refractivity contribution in [1.82, 2.24) is 19.9 Å². The van der Waals surface area contributed by atoms with Gasteiger partial charge in [0.15, 0.2) is 0 Å². The van der Waals surface area contributed by atoms with Gasteiger partial charge in [-0.1, -0.05) is 12.1 Å². The molecule has 5 rings (SSSR count). The van der Waals surface area contributed by atoms with Crippen LogP contribution < -0.4 is 20.7 Å². The number of sulfonamides is 1. The topological polar surface area (TPSA) is 139 Å². The second kappa shape index (κ2) is 16.5. The monoisotopic (exact) mass is 743 g/mol. The highest BCUT2D eigenvalue weighted by molar-refractivity contribution is 7.89. The molecule has 1 saturated heterocycles. The average molecular weight is 744 g/mol. The summed E-state index contributed by atoms with van der Waals surface area (Å²) >= 11 is 0. The summed E-state index contributed by atoms with van der Waals surface area (Å²) in [6, 6.07) is 10.6. The Morgan fingerprint density at radius 3 is 2.23 bits per heavy atom. The van der Waals surface area contributed by atoms with Gasteiger partial charge in [-0.3, -0.25) is 9.78 Å². The molecule has 0 unspecified atom stereocenters. The third kappa shape index (κ3) is 8.69. The summed E-state index contributed by atoms with van der Waals surface area (Å²) in [6.07, 6.45) is 1.14. The third-order valence-electron chi connectivity index (χ3n) is 8.79. The molecule has 1 aliphatic heterocycles. The van der Waals surface area contributed by atoms with Crippen LogP contribution in [0.3, 0.4) is 0 Å². The molecule has 1 aliphatic rings. The Morgan fingerprint density at radius 2 is 1.60 bits per heavy atom. The minimum atomic E-state index is -3.99. The minimum Gasteiger partial charge on any atom is -0.497 e. The van der Waals surface area contributed by atoms with Crippen LogP contribution in [0.5, 0.6) is 5.75 Å². The number of hydrogen-bond donors (Lipinski definition) is 3. The number of ether oxygens (including phenoxy) is 2.